The summed E-state index contributed by atoms with van der Waals surface area (Å²) in [7, 11) is 1.50. The maximum Gasteiger partial charge on any atom is 0.434 e. The lowest BCUT2D eigenvalue weighted by Crippen LogP contribution is -2.05. The maximum absolute atomic E-state index is 12.5. The third-order valence-electron chi connectivity index (χ3n) is 2.42. The van der Waals surface area contributed by atoms with Crippen LogP contribution in [-0.4, -0.2) is 9.55 Å². The third-order valence-corrected chi connectivity index (χ3v) is 2.91. The van der Waals surface area contributed by atoms with Gasteiger partial charge in [-0.1, -0.05) is 15.9 Å². The second-order valence-electron chi connectivity index (χ2n) is 3.79. The second kappa shape index (κ2) is 4.31. The monoisotopic (exact) mass is 319 g/mol. The number of anilines is 1. The van der Waals surface area contributed by atoms with Crippen LogP contribution in [0.25, 0.3) is 11.4 Å². The van der Waals surface area contributed by atoms with Crippen LogP contribution in [0.3, 0.4) is 0 Å². The van der Waals surface area contributed by atoms with Gasteiger partial charge in [0.2, 0.25) is 0 Å². The first-order chi connectivity index (χ1) is 8.29. The van der Waals surface area contributed by atoms with E-state index in [4.69, 9.17) is 5.73 Å². The van der Waals surface area contributed by atoms with Gasteiger partial charge >= 0.3 is 6.18 Å². The van der Waals surface area contributed by atoms with Gasteiger partial charge in [0.1, 0.15) is 5.82 Å². The van der Waals surface area contributed by atoms with Gasteiger partial charge in [0.05, 0.1) is 0 Å². The molecule has 0 saturated heterocycles. The summed E-state index contributed by atoms with van der Waals surface area (Å²) in [5.74, 6) is 0.187. The summed E-state index contributed by atoms with van der Waals surface area (Å²) in [4.78, 5) is 3.58. The molecule has 3 nitrogen and oxygen atoms in total. The molecule has 0 amide bonds. The number of aromatic nitrogens is 2. The first kappa shape index (κ1) is 12.9. The average molecular weight is 320 g/mol. The molecule has 18 heavy (non-hydrogen) atoms. The van der Waals surface area contributed by atoms with Crippen LogP contribution in [-0.2, 0) is 13.2 Å². The van der Waals surface area contributed by atoms with E-state index in [0.29, 0.717) is 11.3 Å². The molecule has 0 fully saturated rings. The van der Waals surface area contributed by atoms with Crippen molar-refractivity contribution in [3.63, 3.8) is 0 Å². The Hall–Kier alpha value is -1.50. The van der Waals surface area contributed by atoms with Gasteiger partial charge in [0.15, 0.2) is 5.69 Å². The Morgan fingerprint density at radius 2 is 2.00 bits per heavy atom. The standard InChI is InChI=1S/C11H9BrF3N3/c1-18-5-9(11(13,14)15)17-10(18)7-3-2-6(12)4-8(7)16/h2-5H,16H2,1H3. The predicted octanol–water partition coefficient (Wildman–Crippen LogP) is 3.45. The number of aryl methyl sites for hydroxylation is 1. The maximum atomic E-state index is 12.5. The molecule has 2 rings (SSSR count). The van der Waals surface area contributed by atoms with E-state index in [2.05, 4.69) is 20.9 Å². The molecule has 0 aliphatic rings. The van der Waals surface area contributed by atoms with E-state index in [9.17, 15) is 13.2 Å². The largest absolute Gasteiger partial charge is 0.434 e. The summed E-state index contributed by atoms with van der Waals surface area (Å²) in [5, 5.41) is 0. The molecule has 0 atom stereocenters. The molecule has 0 unspecified atom stereocenters. The summed E-state index contributed by atoms with van der Waals surface area (Å²) in [5.41, 5.74) is 5.68. The summed E-state index contributed by atoms with van der Waals surface area (Å²) in [6, 6.07) is 4.95. The normalized spacial score (nSPS) is 11.8. The number of hydrogen-bond acceptors (Lipinski definition) is 2. The van der Waals surface area contributed by atoms with E-state index < -0.39 is 11.9 Å². The van der Waals surface area contributed by atoms with Crippen LogP contribution in [0.1, 0.15) is 5.69 Å². The molecule has 1 aromatic heterocycles. The van der Waals surface area contributed by atoms with Gasteiger partial charge < -0.3 is 10.3 Å². The van der Waals surface area contributed by atoms with E-state index in [-0.39, 0.29) is 5.82 Å². The Labute approximate surface area is 110 Å². The van der Waals surface area contributed by atoms with Gasteiger partial charge in [-0.25, -0.2) is 4.98 Å². The van der Waals surface area contributed by atoms with Crippen molar-refractivity contribution >= 4 is 21.6 Å². The number of rotatable bonds is 1. The van der Waals surface area contributed by atoms with E-state index in [1.54, 1.807) is 18.2 Å². The third kappa shape index (κ3) is 2.35. The molecule has 0 saturated carbocycles. The molecule has 1 aromatic carbocycles. The van der Waals surface area contributed by atoms with E-state index in [0.717, 1.165) is 10.7 Å². The van der Waals surface area contributed by atoms with Crippen LogP contribution in [0, 0.1) is 0 Å². The first-order valence-electron chi connectivity index (χ1n) is 4.95. The number of nitrogens with two attached hydrogens (primary N) is 1. The number of halogens is 4. The summed E-state index contributed by atoms with van der Waals surface area (Å²) < 4.78 is 39.7. The van der Waals surface area contributed by atoms with Crippen molar-refractivity contribution in [3.05, 3.63) is 34.6 Å². The summed E-state index contributed by atoms with van der Waals surface area (Å²) in [6.45, 7) is 0. The fourth-order valence-electron chi connectivity index (χ4n) is 1.59. The molecule has 0 spiro atoms. The second-order valence-corrected chi connectivity index (χ2v) is 4.71. The fourth-order valence-corrected chi connectivity index (χ4v) is 1.97. The van der Waals surface area contributed by atoms with Gasteiger partial charge in [-0.05, 0) is 18.2 Å². The van der Waals surface area contributed by atoms with Gasteiger partial charge in [-0.15, -0.1) is 0 Å². The molecule has 7 heteroatoms. The Morgan fingerprint density at radius 3 is 2.50 bits per heavy atom. The smallest absolute Gasteiger partial charge is 0.398 e. The number of benzene rings is 1. The zero-order valence-electron chi connectivity index (χ0n) is 9.29. The molecule has 0 bridgehead atoms. The predicted molar refractivity (Wildman–Crippen MR) is 65.8 cm³/mol. The topological polar surface area (TPSA) is 43.8 Å². The minimum absolute atomic E-state index is 0.187. The first-order valence-corrected chi connectivity index (χ1v) is 5.74. The lowest BCUT2D eigenvalue weighted by molar-refractivity contribution is -0.140. The van der Waals surface area contributed by atoms with Crippen LogP contribution in [0.5, 0.6) is 0 Å². The number of hydrogen-bond donors (Lipinski definition) is 1. The number of imidazole rings is 1. The molecule has 0 radical (unpaired) electrons. The van der Waals surface area contributed by atoms with Crippen LogP contribution >= 0.6 is 15.9 Å². The minimum Gasteiger partial charge on any atom is -0.398 e. The van der Waals surface area contributed by atoms with Crippen molar-refractivity contribution in [2.24, 2.45) is 7.05 Å². The molecule has 2 N–H and O–H groups in total. The summed E-state index contributed by atoms with van der Waals surface area (Å²) in [6.07, 6.45) is -3.52. The molecule has 1 heterocycles. The fraction of sp³-hybridized carbons (Fsp3) is 0.182. The number of alkyl halides is 3. The van der Waals surface area contributed by atoms with Crippen molar-refractivity contribution < 1.29 is 13.2 Å². The lowest BCUT2D eigenvalue weighted by atomic mass is 10.2. The Morgan fingerprint density at radius 1 is 1.33 bits per heavy atom. The SMILES string of the molecule is Cn1cc(C(F)(F)F)nc1-c1ccc(Br)cc1N. The quantitative estimate of drug-likeness (QED) is 0.818. The molecular formula is C11H9BrF3N3. The van der Waals surface area contributed by atoms with Crippen LogP contribution in [0.2, 0.25) is 0 Å². The molecule has 96 valence electrons. The Balaban J connectivity index is 2.55. The highest BCUT2D eigenvalue weighted by Gasteiger charge is 2.34. The summed E-state index contributed by atoms with van der Waals surface area (Å²) >= 11 is 3.24. The van der Waals surface area contributed by atoms with Crippen molar-refractivity contribution in [1.82, 2.24) is 9.55 Å². The van der Waals surface area contributed by atoms with Gasteiger partial charge in [0.25, 0.3) is 0 Å². The van der Waals surface area contributed by atoms with Crippen molar-refractivity contribution in [2.75, 3.05) is 5.73 Å². The van der Waals surface area contributed by atoms with Crippen LogP contribution in [0.4, 0.5) is 18.9 Å². The van der Waals surface area contributed by atoms with E-state index in [1.807, 2.05) is 0 Å². The van der Waals surface area contributed by atoms with Crippen LogP contribution in [0.15, 0.2) is 28.9 Å². The number of nitrogens with zero attached hydrogens (tertiary/aromatic N) is 2. The van der Waals surface area contributed by atoms with Crippen LogP contribution < -0.4 is 5.73 Å². The van der Waals surface area contributed by atoms with Crippen molar-refractivity contribution in [1.29, 1.82) is 0 Å². The Bertz CT molecular complexity index is 590. The molecule has 0 aliphatic carbocycles. The lowest BCUT2D eigenvalue weighted by Gasteiger charge is -2.05. The Kier molecular flexibility index (Phi) is 3.10. The van der Waals surface area contributed by atoms with Crippen molar-refractivity contribution in [3.8, 4) is 11.4 Å². The minimum atomic E-state index is -4.46. The van der Waals surface area contributed by atoms with E-state index in [1.165, 1.54) is 11.6 Å². The number of nitrogen functional groups attached to an aromatic ring is 1. The molecular weight excluding hydrogens is 311 g/mol. The highest BCUT2D eigenvalue weighted by Crippen LogP contribution is 2.33. The highest BCUT2D eigenvalue weighted by molar-refractivity contribution is 9.10. The van der Waals surface area contributed by atoms with E-state index >= 15 is 0 Å². The van der Waals surface area contributed by atoms with Crippen molar-refractivity contribution in [2.45, 2.75) is 6.18 Å². The zero-order chi connectivity index (χ0) is 13.5. The highest BCUT2D eigenvalue weighted by atomic mass is 79.9. The molecule has 0 aliphatic heterocycles. The van der Waals surface area contributed by atoms with Gasteiger partial charge in [0, 0.05) is 29.0 Å². The zero-order valence-corrected chi connectivity index (χ0v) is 10.9. The molecule has 2 aromatic rings. The van der Waals surface area contributed by atoms with Gasteiger partial charge in [-0.2, -0.15) is 13.2 Å². The average Bonchev–Trinajstić information content (AvgIpc) is 2.60. The van der Waals surface area contributed by atoms with Gasteiger partial charge in [-0.3, -0.25) is 0 Å².